The molecule has 0 amide bonds. The van der Waals surface area contributed by atoms with Crippen molar-refractivity contribution in [3.8, 4) is 5.75 Å². The van der Waals surface area contributed by atoms with Crippen LogP contribution in [0.1, 0.15) is 32.6 Å². The minimum Gasteiger partial charge on any atom is -0.494 e. The van der Waals surface area contributed by atoms with Crippen LogP contribution in [0, 0.1) is 0 Å². The Hall–Kier alpha value is -1.59. The lowest BCUT2D eigenvalue weighted by Crippen LogP contribution is -2.36. The van der Waals surface area contributed by atoms with E-state index in [1.165, 1.54) is 19.3 Å². The summed E-state index contributed by atoms with van der Waals surface area (Å²) < 4.78 is 5.82. The van der Waals surface area contributed by atoms with Crippen LogP contribution in [0.15, 0.2) is 36.9 Å². The van der Waals surface area contributed by atoms with E-state index < -0.39 is 0 Å². The summed E-state index contributed by atoms with van der Waals surface area (Å²) in [6, 6.07) is 8.08. The Morgan fingerprint density at radius 1 is 1.16 bits per heavy atom. The normalized spacial score (nSPS) is 10.6. The highest BCUT2D eigenvalue weighted by molar-refractivity contribution is 7.80. The van der Waals surface area contributed by atoms with Crippen molar-refractivity contribution in [2.75, 3.05) is 45.2 Å². The van der Waals surface area contributed by atoms with Crippen molar-refractivity contribution in [1.29, 1.82) is 0 Å². The van der Waals surface area contributed by atoms with Gasteiger partial charge in [0.25, 0.3) is 0 Å². The van der Waals surface area contributed by atoms with E-state index in [1.807, 2.05) is 49.2 Å². The van der Waals surface area contributed by atoms with Gasteiger partial charge in [-0.3, -0.25) is 0 Å². The molecule has 0 saturated carbocycles. The zero-order valence-corrected chi connectivity index (χ0v) is 16.8. The predicted molar refractivity (Wildman–Crippen MR) is 113 cm³/mol. The summed E-state index contributed by atoms with van der Waals surface area (Å²) >= 11 is 5.32. The molecule has 5 heteroatoms. The second-order valence-electron chi connectivity index (χ2n) is 6.20. The molecule has 1 N–H and O–H groups in total. The molecule has 4 nitrogen and oxygen atoms in total. The highest BCUT2D eigenvalue weighted by Crippen LogP contribution is 2.19. The summed E-state index contributed by atoms with van der Waals surface area (Å²) in [6.45, 7) is 9.50. The standard InChI is InChI=1S/C20H33N3OS/c1-5-15-22(3)16-9-7-8-10-17-24-19-13-11-18(12-14-19)23(4)20(25)21-6-2/h5,11-14H,1,6-10,15-17H2,2-4H3,(H,21,25). The van der Waals surface area contributed by atoms with Gasteiger partial charge in [0.05, 0.1) is 6.61 Å². The summed E-state index contributed by atoms with van der Waals surface area (Å²) in [5.74, 6) is 0.914. The molecular formula is C20H33N3OS. The average molecular weight is 364 g/mol. The van der Waals surface area contributed by atoms with Crippen LogP contribution in [-0.2, 0) is 0 Å². The van der Waals surface area contributed by atoms with Gasteiger partial charge in [-0.25, -0.2) is 0 Å². The maximum Gasteiger partial charge on any atom is 0.173 e. The Morgan fingerprint density at radius 3 is 2.48 bits per heavy atom. The minimum absolute atomic E-state index is 0.731. The molecule has 0 atom stereocenters. The second-order valence-corrected chi connectivity index (χ2v) is 6.59. The topological polar surface area (TPSA) is 27.7 Å². The third kappa shape index (κ3) is 8.89. The quantitative estimate of drug-likeness (QED) is 0.343. The van der Waals surface area contributed by atoms with Crippen molar-refractivity contribution < 1.29 is 4.74 Å². The fourth-order valence-electron chi connectivity index (χ4n) is 2.49. The fourth-order valence-corrected chi connectivity index (χ4v) is 2.74. The average Bonchev–Trinajstić information content (AvgIpc) is 2.61. The fraction of sp³-hybridized carbons (Fsp3) is 0.550. The first kappa shape index (κ1) is 21.5. The molecule has 1 aromatic rings. The van der Waals surface area contributed by atoms with Gasteiger partial charge in [-0.15, -0.1) is 6.58 Å². The third-order valence-corrected chi connectivity index (χ3v) is 4.42. The number of nitrogens with zero attached hydrogens (tertiary/aromatic N) is 2. The smallest absolute Gasteiger partial charge is 0.173 e. The third-order valence-electron chi connectivity index (χ3n) is 4.00. The van der Waals surface area contributed by atoms with E-state index in [4.69, 9.17) is 17.0 Å². The number of benzene rings is 1. The predicted octanol–water partition coefficient (Wildman–Crippen LogP) is 4.07. The number of rotatable bonds is 12. The number of hydrogen-bond donors (Lipinski definition) is 1. The largest absolute Gasteiger partial charge is 0.494 e. The maximum absolute atomic E-state index is 5.82. The van der Waals surface area contributed by atoms with Crippen LogP contribution < -0.4 is 15.0 Å². The van der Waals surface area contributed by atoms with Crippen LogP contribution in [0.4, 0.5) is 5.69 Å². The summed E-state index contributed by atoms with van der Waals surface area (Å²) in [6.07, 6.45) is 6.73. The van der Waals surface area contributed by atoms with Crippen molar-refractivity contribution in [1.82, 2.24) is 10.2 Å². The van der Waals surface area contributed by atoms with E-state index in [2.05, 4.69) is 23.8 Å². The Balaban J connectivity index is 2.19. The van der Waals surface area contributed by atoms with Gasteiger partial charge in [0.2, 0.25) is 0 Å². The molecule has 140 valence electrons. The summed E-state index contributed by atoms with van der Waals surface area (Å²) in [7, 11) is 4.10. The van der Waals surface area contributed by atoms with Gasteiger partial charge in [0, 0.05) is 25.8 Å². The lowest BCUT2D eigenvalue weighted by molar-refractivity contribution is 0.300. The molecule has 1 aromatic carbocycles. The van der Waals surface area contributed by atoms with E-state index in [0.717, 1.165) is 49.2 Å². The zero-order chi connectivity index (χ0) is 18.5. The van der Waals surface area contributed by atoms with Crippen LogP contribution in [0.2, 0.25) is 0 Å². The van der Waals surface area contributed by atoms with Gasteiger partial charge in [0.1, 0.15) is 5.75 Å². The number of thiocarbonyl (C=S) groups is 1. The summed E-state index contributed by atoms with van der Waals surface area (Å²) in [4.78, 5) is 4.26. The molecule has 0 radical (unpaired) electrons. The zero-order valence-electron chi connectivity index (χ0n) is 16.0. The molecule has 0 unspecified atom stereocenters. The molecular weight excluding hydrogens is 330 g/mol. The summed E-state index contributed by atoms with van der Waals surface area (Å²) in [5, 5.41) is 3.88. The lowest BCUT2D eigenvalue weighted by Gasteiger charge is -2.20. The molecule has 0 saturated heterocycles. The van der Waals surface area contributed by atoms with E-state index in [-0.39, 0.29) is 0 Å². The first-order valence-electron chi connectivity index (χ1n) is 9.12. The molecule has 0 heterocycles. The highest BCUT2D eigenvalue weighted by atomic mass is 32.1. The van der Waals surface area contributed by atoms with Crippen molar-refractivity contribution in [2.24, 2.45) is 0 Å². The van der Waals surface area contributed by atoms with Gasteiger partial charge in [-0.1, -0.05) is 18.9 Å². The van der Waals surface area contributed by atoms with Gasteiger partial charge in [-0.05, 0) is 69.8 Å². The minimum atomic E-state index is 0.731. The summed E-state index contributed by atoms with van der Waals surface area (Å²) in [5.41, 5.74) is 1.06. The number of ether oxygens (including phenoxy) is 1. The van der Waals surface area contributed by atoms with Crippen LogP contribution >= 0.6 is 12.2 Å². The number of unbranched alkanes of at least 4 members (excludes halogenated alkanes) is 3. The second kappa shape index (κ2) is 12.7. The Kier molecular flexibility index (Phi) is 10.9. The number of hydrogen-bond acceptors (Lipinski definition) is 3. The van der Waals surface area contributed by atoms with Gasteiger partial charge >= 0.3 is 0 Å². The molecule has 0 fully saturated rings. The Morgan fingerprint density at radius 2 is 1.84 bits per heavy atom. The van der Waals surface area contributed by atoms with Gasteiger partial charge in [0.15, 0.2) is 5.11 Å². The lowest BCUT2D eigenvalue weighted by atomic mass is 10.2. The molecule has 0 aliphatic rings. The van der Waals surface area contributed by atoms with E-state index in [9.17, 15) is 0 Å². The van der Waals surface area contributed by atoms with Crippen LogP contribution in [0.5, 0.6) is 5.75 Å². The van der Waals surface area contributed by atoms with E-state index in [1.54, 1.807) is 0 Å². The van der Waals surface area contributed by atoms with Crippen molar-refractivity contribution in [3.05, 3.63) is 36.9 Å². The molecule has 0 aliphatic heterocycles. The molecule has 0 bridgehead atoms. The number of nitrogens with one attached hydrogen (secondary N) is 1. The maximum atomic E-state index is 5.82. The molecule has 0 aliphatic carbocycles. The molecule has 0 aromatic heterocycles. The SMILES string of the molecule is C=CCN(C)CCCCCCOc1ccc(N(C)C(=S)NCC)cc1. The molecule has 1 rings (SSSR count). The van der Waals surface area contributed by atoms with Crippen LogP contribution in [-0.4, -0.2) is 50.3 Å². The number of anilines is 1. The van der Waals surface area contributed by atoms with Crippen molar-refractivity contribution in [3.63, 3.8) is 0 Å². The monoisotopic (exact) mass is 363 g/mol. The van der Waals surface area contributed by atoms with Crippen molar-refractivity contribution in [2.45, 2.75) is 32.6 Å². The molecule has 25 heavy (non-hydrogen) atoms. The first-order valence-corrected chi connectivity index (χ1v) is 9.53. The number of likely N-dealkylation sites (N-methyl/N-ethyl adjacent to an activating group) is 1. The van der Waals surface area contributed by atoms with Crippen LogP contribution in [0.25, 0.3) is 0 Å². The van der Waals surface area contributed by atoms with E-state index in [0.29, 0.717) is 0 Å². The molecule has 0 spiro atoms. The first-order chi connectivity index (χ1) is 12.1. The van der Waals surface area contributed by atoms with Crippen molar-refractivity contribution >= 4 is 23.0 Å². The van der Waals surface area contributed by atoms with Crippen LogP contribution in [0.3, 0.4) is 0 Å². The Bertz CT molecular complexity index is 504. The highest BCUT2D eigenvalue weighted by Gasteiger charge is 2.05. The van der Waals surface area contributed by atoms with E-state index >= 15 is 0 Å². The van der Waals surface area contributed by atoms with Gasteiger partial charge < -0.3 is 19.9 Å². The van der Waals surface area contributed by atoms with Gasteiger partial charge in [-0.2, -0.15) is 0 Å². The Labute approximate surface area is 158 Å².